The molecule has 0 atom stereocenters. The van der Waals surface area contributed by atoms with E-state index in [4.69, 9.17) is 0 Å². The van der Waals surface area contributed by atoms with E-state index in [0.29, 0.717) is 0 Å². The summed E-state index contributed by atoms with van der Waals surface area (Å²) in [4.78, 5) is 2.71. The van der Waals surface area contributed by atoms with Gasteiger partial charge in [0.05, 0.1) is 0 Å². The molecule has 0 amide bonds. The molecule has 1 fully saturated rings. The molecular weight excluding hydrogens is 220 g/mol. The van der Waals surface area contributed by atoms with Crippen molar-refractivity contribution in [1.82, 2.24) is 10.2 Å². The minimum atomic E-state index is 0.841. The molecule has 108 valence electrons. The van der Waals surface area contributed by atoms with Crippen LogP contribution in [0.2, 0.25) is 0 Å². The van der Waals surface area contributed by atoms with Crippen LogP contribution in [0, 0.1) is 5.92 Å². The Labute approximate surface area is 115 Å². The maximum Gasteiger partial charge on any atom is 0.0110 e. The van der Waals surface area contributed by atoms with Gasteiger partial charge in [0.2, 0.25) is 0 Å². The largest absolute Gasteiger partial charge is 0.315 e. The van der Waals surface area contributed by atoms with Gasteiger partial charge in [-0.2, -0.15) is 0 Å². The molecule has 1 aliphatic carbocycles. The van der Waals surface area contributed by atoms with Gasteiger partial charge in [-0.05, 0) is 44.7 Å². The van der Waals surface area contributed by atoms with Crippen molar-refractivity contribution < 1.29 is 0 Å². The third-order valence-electron chi connectivity index (χ3n) is 3.84. The third kappa shape index (κ3) is 8.10. The summed E-state index contributed by atoms with van der Waals surface area (Å²) in [5.41, 5.74) is 0. The van der Waals surface area contributed by atoms with E-state index < -0.39 is 0 Å². The predicted octanol–water partition coefficient (Wildman–Crippen LogP) is 3.67. The van der Waals surface area contributed by atoms with Crippen LogP contribution in [-0.4, -0.2) is 37.1 Å². The number of rotatable bonds is 12. The highest BCUT2D eigenvalue weighted by atomic mass is 15.2. The minimum absolute atomic E-state index is 0.841. The van der Waals surface area contributed by atoms with Crippen LogP contribution < -0.4 is 5.32 Å². The molecule has 0 spiro atoms. The van der Waals surface area contributed by atoms with Gasteiger partial charge in [-0.15, -0.1) is 0 Å². The average molecular weight is 254 g/mol. The highest BCUT2D eigenvalue weighted by molar-refractivity contribution is 4.84. The fraction of sp³-hybridized carbons (Fsp3) is 1.00. The Bertz CT molecular complexity index is 188. The number of nitrogens with zero attached hydrogens (tertiary/aromatic N) is 1. The standard InChI is InChI=1S/C16H34N2/c1-4-5-6-7-11-17-12-14-18(16-8-9-16)13-10-15(2)3/h15-17H,4-14H2,1-3H3. The highest BCUT2D eigenvalue weighted by Gasteiger charge is 2.28. The molecule has 2 heteroatoms. The summed E-state index contributed by atoms with van der Waals surface area (Å²) >= 11 is 0. The second-order valence-electron chi connectivity index (χ2n) is 6.26. The molecule has 1 N–H and O–H groups in total. The van der Waals surface area contributed by atoms with Gasteiger partial charge in [-0.3, -0.25) is 4.90 Å². The molecule has 2 nitrogen and oxygen atoms in total. The van der Waals surface area contributed by atoms with Gasteiger partial charge in [-0.25, -0.2) is 0 Å². The Balaban J connectivity index is 1.96. The lowest BCUT2D eigenvalue weighted by atomic mass is 10.1. The molecule has 18 heavy (non-hydrogen) atoms. The number of unbranched alkanes of at least 4 members (excludes halogenated alkanes) is 3. The van der Waals surface area contributed by atoms with Crippen LogP contribution in [0.5, 0.6) is 0 Å². The van der Waals surface area contributed by atoms with Crippen molar-refractivity contribution in [3.8, 4) is 0 Å². The molecular formula is C16H34N2. The van der Waals surface area contributed by atoms with Gasteiger partial charge < -0.3 is 5.32 Å². The first-order valence-electron chi connectivity index (χ1n) is 8.18. The summed E-state index contributed by atoms with van der Waals surface area (Å²) in [6, 6.07) is 0.922. The maximum atomic E-state index is 3.60. The third-order valence-corrected chi connectivity index (χ3v) is 3.84. The molecule has 0 aromatic carbocycles. The van der Waals surface area contributed by atoms with E-state index in [2.05, 4.69) is 31.0 Å². The molecule has 0 aromatic heterocycles. The van der Waals surface area contributed by atoms with Crippen LogP contribution in [0.4, 0.5) is 0 Å². The van der Waals surface area contributed by atoms with Gasteiger partial charge in [0, 0.05) is 19.1 Å². The number of nitrogens with one attached hydrogen (secondary N) is 1. The van der Waals surface area contributed by atoms with Gasteiger partial charge in [0.1, 0.15) is 0 Å². The first-order valence-corrected chi connectivity index (χ1v) is 8.18. The fourth-order valence-electron chi connectivity index (χ4n) is 2.37. The number of hydrogen-bond donors (Lipinski definition) is 1. The van der Waals surface area contributed by atoms with E-state index in [9.17, 15) is 0 Å². The van der Waals surface area contributed by atoms with E-state index >= 15 is 0 Å². The lowest BCUT2D eigenvalue weighted by molar-refractivity contribution is 0.247. The van der Waals surface area contributed by atoms with E-state index in [0.717, 1.165) is 12.0 Å². The first kappa shape index (κ1) is 16.0. The molecule has 0 bridgehead atoms. The Kier molecular flexibility index (Phi) is 8.70. The van der Waals surface area contributed by atoms with Crippen molar-refractivity contribution in [3.05, 3.63) is 0 Å². The smallest absolute Gasteiger partial charge is 0.0110 e. The van der Waals surface area contributed by atoms with Crippen LogP contribution in [0.15, 0.2) is 0 Å². The average Bonchev–Trinajstić information content (AvgIpc) is 3.15. The predicted molar refractivity (Wildman–Crippen MR) is 81.1 cm³/mol. The Morgan fingerprint density at radius 1 is 1.06 bits per heavy atom. The van der Waals surface area contributed by atoms with Crippen LogP contribution in [0.3, 0.4) is 0 Å². The Morgan fingerprint density at radius 3 is 2.44 bits per heavy atom. The molecule has 1 aliphatic rings. The molecule has 0 saturated heterocycles. The van der Waals surface area contributed by atoms with Crippen molar-refractivity contribution in [2.24, 2.45) is 5.92 Å². The van der Waals surface area contributed by atoms with E-state index in [-0.39, 0.29) is 0 Å². The van der Waals surface area contributed by atoms with Crippen molar-refractivity contribution in [1.29, 1.82) is 0 Å². The van der Waals surface area contributed by atoms with Crippen LogP contribution in [0.1, 0.15) is 65.7 Å². The zero-order chi connectivity index (χ0) is 13.2. The first-order chi connectivity index (χ1) is 8.74. The second kappa shape index (κ2) is 9.80. The molecule has 0 aliphatic heterocycles. The van der Waals surface area contributed by atoms with E-state index in [1.54, 1.807) is 0 Å². The summed E-state index contributed by atoms with van der Waals surface area (Å²) in [7, 11) is 0. The van der Waals surface area contributed by atoms with Gasteiger partial charge in [0.25, 0.3) is 0 Å². The second-order valence-corrected chi connectivity index (χ2v) is 6.26. The molecule has 1 rings (SSSR count). The van der Waals surface area contributed by atoms with Gasteiger partial charge >= 0.3 is 0 Å². The minimum Gasteiger partial charge on any atom is -0.315 e. The summed E-state index contributed by atoms with van der Waals surface area (Å²) in [6.45, 7) is 11.9. The normalized spacial score (nSPS) is 15.8. The van der Waals surface area contributed by atoms with Crippen molar-refractivity contribution in [2.75, 3.05) is 26.2 Å². The fourth-order valence-corrected chi connectivity index (χ4v) is 2.37. The van der Waals surface area contributed by atoms with Crippen molar-refractivity contribution >= 4 is 0 Å². The zero-order valence-electron chi connectivity index (χ0n) is 12.9. The Hall–Kier alpha value is -0.0800. The zero-order valence-corrected chi connectivity index (χ0v) is 12.9. The van der Waals surface area contributed by atoms with Gasteiger partial charge in [-0.1, -0.05) is 40.0 Å². The van der Waals surface area contributed by atoms with Crippen LogP contribution in [0.25, 0.3) is 0 Å². The van der Waals surface area contributed by atoms with Crippen molar-refractivity contribution in [2.45, 2.75) is 71.8 Å². The molecule has 0 heterocycles. The van der Waals surface area contributed by atoms with Crippen LogP contribution >= 0.6 is 0 Å². The summed E-state index contributed by atoms with van der Waals surface area (Å²) in [5, 5.41) is 3.60. The topological polar surface area (TPSA) is 15.3 Å². The van der Waals surface area contributed by atoms with E-state index in [1.807, 2.05) is 0 Å². The number of hydrogen-bond acceptors (Lipinski definition) is 2. The van der Waals surface area contributed by atoms with Crippen molar-refractivity contribution in [3.63, 3.8) is 0 Å². The summed E-state index contributed by atoms with van der Waals surface area (Å²) < 4.78 is 0. The lowest BCUT2D eigenvalue weighted by Gasteiger charge is -2.23. The summed E-state index contributed by atoms with van der Waals surface area (Å²) in [5.74, 6) is 0.841. The Morgan fingerprint density at radius 2 is 1.83 bits per heavy atom. The SMILES string of the molecule is CCCCCCNCCN(CCC(C)C)C1CC1. The molecule has 0 unspecified atom stereocenters. The molecule has 0 radical (unpaired) electrons. The van der Waals surface area contributed by atoms with Gasteiger partial charge in [0.15, 0.2) is 0 Å². The monoisotopic (exact) mass is 254 g/mol. The van der Waals surface area contributed by atoms with E-state index in [1.165, 1.54) is 71.1 Å². The lowest BCUT2D eigenvalue weighted by Crippen LogP contribution is -2.35. The summed E-state index contributed by atoms with van der Waals surface area (Å²) in [6.07, 6.45) is 9.71. The quantitative estimate of drug-likeness (QED) is 0.535. The highest BCUT2D eigenvalue weighted by Crippen LogP contribution is 2.26. The molecule has 1 saturated carbocycles. The molecule has 0 aromatic rings. The maximum absolute atomic E-state index is 3.60. The van der Waals surface area contributed by atoms with Crippen LogP contribution in [-0.2, 0) is 0 Å².